The summed E-state index contributed by atoms with van der Waals surface area (Å²) < 4.78 is 7.05. The molecule has 0 bridgehead atoms. The molecule has 4 aromatic rings. The molecule has 1 heterocycles. The van der Waals surface area contributed by atoms with Gasteiger partial charge in [0.05, 0.1) is 18.6 Å². The maximum absolute atomic E-state index is 12.3. The minimum Gasteiger partial charge on any atom is -0.466 e. The van der Waals surface area contributed by atoms with Crippen LogP contribution in [0.25, 0.3) is 17.1 Å². The van der Waals surface area contributed by atoms with Gasteiger partial charge in [-0.25, -0.2) is 4.68 Å². The number of carbonyl (C=O) groups is 1. The van der Waals surface area contributed by atoms with Gasteiger partial charge in [0.2, 0.25) is 5.91 Å². The second-order valence-electron chi connectivity index (χ2n) is 8.86. The fraction of sp³-hybridized carbons (Fsp3) is 0.222. The number of nitrogens with one attached hydrogen (secondary N) is 1. The molecular formula is C27H28N4O2S. The number of hydrogen-bond donors (Lipinski definition) is 1. The number of thioether (sulfide) groups is 1. The molecule has 0 saturated heterocycles. The van der Waals surface area contributed by atoms with Crippen LogP contribution in [0.3, 0.4) is 0 Å². The monoisotopic (exact) mass is 472 g/mol. The average Bonchev–Trinajstić information content (AvgIpc) is 3.28. The van der Waals surface area contributed by atoms with Crippen molar-refractivity contribution in [2.24, 2.45) is 0 Å². The normalized spacial score (nSPS) is 11.3. The minimum absolute atomic E-state index is 0.0522. The Morgan fingerprint density at radius 1 is 0.971 bits per heavy atom. The van der Waals surface area contributed by atoms with Crippen LogP contribution in [-0.4, -0.2) is 33.5 Å². The van der Waals surface area contributed by atoms with Gasteiger partial charge in [-0.15, -0.1) is 16.9 Å². The number of anilines is 1. The molecule has 6 nitrogen and oxygen atoms in total. The highest BCUT2D eigenvalue weighted by Gasteiger charge is 2.17. The van der Waals surface area contributed by atoms with Crippen molar-refractivity contribution in [2.45, 2.75) is 31.1 Å². The Balaban J connectivity index is 1.50. The summed E-state index contributed by atoms with van der Waals surface area (Å²) >= 11 is 1.51. The highest BCUT2D eigenvalue weighted by atomic mass is 32.2. The number of amides is 1. The van der Waals surface area contributed by atoms with Crippen LogP contribution in [-0.2, 0) is 10.2 Å². The lowest BCUT2D eigenvalue weighted by atomic mass is 9.87. The number of methoxy groups -OCH3 is 1. The van der Waals surface area contributed by atoms with Crippen LogP contribution in [0.2, 0.25) is 0 Å². The van der Waals surface area contributed by atoms with Crippen molar-refractivity contribution < 1.29 is 9.53 Å². The van der Waals surface area contributed by atoms with Crippen molar-refractivity contribution in [3.8, 4) is 23.1 Å². The van der Waals surface area contributed by atoms with Gasteiger partial charge >= 0.3 is 6.01 Å². The summed E-state index contributed by atoms with van der Waals surface area (Å²) in [6.45, 7) is 6.57. The molecule has 174 valence electrons. The molecule has 34 heavy (non-hydrogen) atoms. The third-order valence-electron chi connectivity index (χ3n) is 5.29. The van der Waals surface area contributed by atoms with Crippen molar-refractivity contribution in [1.82, 2.24) is 14.8 Å². The number of hydrogen-bond acceptors (Lipinski definition) is 5. The van der Waals surface area contributed by atoms with Gasteiger partial charge in [0.25, 0.3) is 0 Å². The molecule has 1 aromatic heterocycles. The maximum Gasteiger partial charge on any atom is 0.336 e. The predicted octanol–water partition coefficient (Wildman–Crippen LogP) is 5.97. The van der Waals surface area contributed by atoms with Gasteiger partial charge in [-0.3, -0.25) is 4.79 Å². The second kappa shape index (κ2) is 10.1. The van der Waals surface area contributed by atoms with Crippen LogP contribution in [0, 0.1) is 0 Å². The van der Waals surface area contributed by atoms with E-state index in [9.17, 15) is 4.79 Å². The Morgan fingerprint density at radius 2 is 1.65 bits per heavy atom. The van der Waals surface area contributed by atoms with E-state index >= 15 is 0 Å². The van der Waals surface area contributed by atoms with Crippen LogP contribution in [0.15, 0.2) is 83.8 Å². The maximum atomic E-state index is 12.3. The summed E-state index contributed by atoms with van der Waals surface area (Å²) in [6, 6.07) is 26.0. The Morgan fingerprint density at radius 3 is 2.26 bits per heavy atom. The van der Waals surface area contributed by atoms with Crippen molar-refractivity contribution in [2.75, 3.05) is 18.2 Å². The largest absolute Gasteiger partial charge is 0.466 e. The number of carbonyl (C=O) groups excluding carboxylic acids is 1. The van der Waals surface area contributed by atoms with Gasteiger partial charge in [-0.1, -0.05) is 63.2 Å². The van der Waals surface area contributed by atoms with Gasteiger partial charge in [-0.2, -0.15) is 4.98 Å². The number of nitrogens with zero attached hydrogens (tertiary/aromatic N) is 3. The van der Waals surface area contributed by atoms with E-state index in [0.29, 0.717) is 17.6 Å². The molecule has 0 aliphatic carbocycles. The Labute approximate surface area is 204 Å². The molecule has 0 fully saturated rings. The van der Waals surface area contributed by atoms with E-state index in [1.54, 1.807) is 11.8 Å². The lowest BCUT2D eigenvalue weighted by molar-refractivity contribution is -0.113. The fourth-order valence-corrected chi connectivity index (χ4v) is 4.13. The summed E-state index contributed by atoms with van der Waals surface area (Å²) in [6.07, 6.45) is 0. The first kappa shape index (κ1) is 23.6. The molecule has 4 rings (SSSR count). The van der Waals surface area contributed by atoms with E-state index in [2.05, 4.69) is 60.4 Å². The minimum atomic E-state index is -0.0522. The predicted molar refractivity (Wildman–Crippen MR) is 138 cm³/mol. The van der Waals surface area contributed by atoms with E-state index in [4.69, 9.17) is 4.74 Å². The van der Waals surface area contributed by atoms with Gasteiger partial charge < -0.3 is 10.1 Å². The summed E-state index contributed by atoms with van der Waals surface area (Å²) in [4.78, 5) is 18.0. The van der Waals surface area contributed by atoms with Crippen LogP contribution in [0.5, 0.6) is 6.01 Å². The number of ether oxygens (including phenoxy) is 1. The highest BCUT2D eigenvalue weighted by molar-refractivity contribution is 8.00. The quantitative estimate of drug-likeness (QED) is 0.336. The van der Waals surface area contributed by atoms with Gasteiger partial charge in [-0.05, 0) is 47.4 Å². The van der Waals surface area contributed by atoms with E-state index in [0.717, 1.165) is 21.8 Å². The number of aromatic nitrogens is 3. The average molecular weight is 473 g/mol. The van der Waals surface area contributed by atoms with Crippen molar-refractivity contribution in [3.05, 3.63) is 84.4 Å². The van der Waals surface area contributed by atoms with Crippen molar-refractivity contribution >= 4 is 23.4 Å². The zero-order chi connectivity index (χ0) is 24.1. The van der Waals surface area contributed by atoms with Crippen LogP contribution in [0.4, 0.5) is 5.69 Å². The standard InChI is InChI=1S/C27H28N4O2S/c1-27(2,3)20-12-10-19(11-13-20)25-29-26(33-4)30-31(25)22-16-14-21(15-17-22)28-24(32)18-34-23-8-6-5-7-9-23/h5-17H,18H2,1-4H3,(H,28,32). The first-order valence-corrected chi connectivity index (χ1v) is 12.0. The second-order valence-corrected chi connectivity index (χ2v) is 9.91. The lowest BCUT2D eigenvalue weighted by Gasteiger charge is -2.19. The SMILES string of the molecule is COc1nc(-c2ccc(C(C)(C)C)cc2)n(-c2ccc(NC(=O)CSc3ccccc3)cc2)n1. The van der Waals surface area contributed by atoms with E-state index in [-0.39, 0.29) is 11.3 Å². The van der Waals surface area contributed by atoms with Gasteiger partial charge in [0.15, 0.2) is 5.82 Å². The van der Waals surface area contributed by atoms with Crippen LogP contribution >= 0.6 is 11.8 Å². The van der Waals surface area contributed by atoms with E-state index in [1.165, 1.54) is 17.3 Å². The Hall–Kier alpha value is -3.58. The number of benzene rings is 3. The molecule has 1 amide bonds. The van der Waals surface area contributed by atoms with Crippen LogP contribution < -0.4 is 10.1 Å². The smallest absolute Gasteiger partial charge is 0.336 e. The zero-order valence-electron chi connectivity index (χ0n) is 19.8. The molecule has 1 N–H and O–H groups in total. The molecule has 3 aromatic carbocycles. The molecular weight excluding hydrogens is 444 g/mol. The topological polar surface area (TPSA) is 69.0 Å². The molecule has 0 aliphatic rings. The van der Waals surface area contributed by atoms with Crippen LogP contribution in [0.1, 0.15) is 26.3 Å². The highest BCUT2D eigenvalue weighted by Crippen LogP contribution is 2.28. The molecule has 7 heteroatoms. The summed E-state index contributed by atoms with van der Waals surface area (Å²) in [5.74, 6) is 0.984. The molecule has 0 unspecified atom stereocenters. The van der Waals surface area contributed by atoms with E-state index < -0.39 is 0 Å². The first-order chi connectivity index (χ1) is 16.3. The van der Waals surface area contributed by atoms with E-state index in [1.807, 2.05) is 54.6 Å². The molecule has 0 atom stereocenters. The number of rotatable bonds is 7. The lowest BCUT2D eigenvalue weighted by Crippen LogP contribution is -2.14. The van der Waals surface area contributed by atoms with Crippen molar-refractivity contribution in [3.63, 3.8) is 0 Å². The van der Waals surface area contributed by atoms with Crippen molar-refractivity contribution in [1.29, 1.82) is 0 Å². The summed E-state index contributed by atoms with van der Waals surface area (Å²) in [5.41, 5.74) is 3.82. The summed E-state index contributed by atoms with van der Waals surface area (Å²) in [5, 5.41) is 7.44. The molecule has 0 radical (unpaired) electrons. The first-order valence-electron chi connectivity index (χ1n) is 11.0. The molecule has 0 aliphatic heterocycles. The fourth-order valence-electron chi connectivity index (χ4n) is 3.41. The Kier molecular flexibility index (Phi) is 7.03. The molecule has 0 saturated carbocycles. The van der Waals surface area contributed by atoms with Gasteiger partial charge in [0.1, 0.15) is 0 Å². The summed E-state index contributed by atoms with van der Waals surface area (Å²) in [7, 11) is 1.55. The third kappa shape index (κ3) is 5.66. The van der Waals surface area contributed by atoms with Gasteiger partial charge in [0, 0.05) is 16.1 Å². The molecule has 0 spiro atoms. The Bertz CT molecular complexity index is 1240. The zero-order valence-corrected chi connectivity index (χ0v) is 20.6. The third-order valence-corrected chi connectivity index (χ3v) is 6.30.